The standard InChI is InChI=1S/C7H11N3O2/c1-12-7(11)4-3-10-6(9)2-5(4)8/h2,10H,3,8-9H2,1H3. The van der Waals surface area contributed by atoms with E-state index < -0.39 is 5.97 Å². The predicted molar refractivity (Wildman–Crippen MR) is 43.5 cm³/mol. The zero-order valence-corrected chi connectivity index (χ0v) is 6.76. The normalized spacial score (nSPS) is 16.6. The second-order valence-corrected chi connectivity index (χ2v) is 2.38. The molecule has 0 atom stereocenters. The highest BCUT2D eigenvalue weighted by atomic mass is 16.5. The highest BCUT2D eigenvalue weighted by molar-refractivity contribution is 5.90. The molecule has 1 aliphatic rings. The van der Waals surface area contributed by atoms with E-state index >= 15 is 0 Å². The minimum absolute atomic E-state index is 0.320. The molecule has 1 aliphatic heterocycles. The molecule has 5 nitrogen and oxygen atoms in total. The molecule has 1 rings (SSSR count). The van der Waals surface area contributed by atoms with Crippen LogP contribution >= 0.6 is 0 Å². The van der Waals surface area contributed by atoms with Gasteiger partial charge in [-0.2, -0.15) is 0 Å². The predicted octanol–water partition coefficient (Wildman–Crippen LogP) is -1.22. The van der Waals surface area contributed by atoms with Gasteiger partial charge in [-0.3, -0.25) is 0 Å². The molecule has 0 aliphatic carbocycles. The number of hydrogen-bond donors (Lipinski definition) is 3. The van der Waals surface area contributed by atoms with Crippen molar-refractivity contribution in [2.75, 3.05) is 13.7 Å². The van der Waals surface area contributed by atoms with Gasteiger partial charge in [0.15, 0.2) is 0 Å². The molecule has 0 radical (unpaired) electrons. The van der Waals surface area contributed by atoms with E-state index in [9.17, 15) is 4.79 Å². The lowest BCUT2D eigenvalue weighted by Crippen LogP contribution is -2.31. The number of ether oxygens (including phenoxy) is 1. The number of dihydropyridines is 1. The van der Waals surface area contributed by atoms with E-state index in [2.05, 4.69) is 10.1 Å². The van der Waals surface area contributed by atoms with Crippen molar-refractivity contribution in [2.45, 2.75) is 0 Å². The number of carbonyl (C=O) groups excluding carboxylic acids is 1. The molecule has 0 fully saturated rings. The molecule has 0 amide bonds. The van der Waals surface area contributed by atoms with Crippen LogP contribution in [0.15, 0.2) is 23.2 Å². The highest BCUT2D eigenvalue weighted by Crippen LogP contribution is 2.07. The molecule has 66 valence electrons. The first-order valence-corrected chi connectivity index (χ1v) is 3.43. The molecule has 1 heterocycles. The number of carbonyl (C=O) groups is 1. The summed E-state index contributed by atoms with van der Waals surface area (Å²) in [6, 6.07) is 0. The molecule has 5 N–H and O–H groups in total. The number of allylic oxidation sites excluding steroid dienone is 1. The fraction of sp³-hybridized carbons (Fsp3) is 0.286. The number of hydrogen-bond acceptors (Lipinski definition) is 5. The fourth-order valence-corrected chi connectivity index (χ4v) is 0.911. The van der Waals surface area contributed by atoms with Crippen molar-refractivity contribution in [1.82, 2.24) is 5.32 Å². The molecule has 5 heteroatoms. The van der Waals surface area contributed by atoms with Gasteiger partial charge < -0.3 is 21.5 Å². The monoisotopic (exact) mass is 169 g/mol. The van der Waals surface area contributed by atoms with Crippen LogP contribution in [0.25, 0.3) is 0 Å². The fourth-order valence-electron chi connectivity index (χ4n) is 0.911. The van der Waals surface area contributed by atoms with Crippen molar-refractivity contribution in [1.29, 1.82) is 0 Å². The lowest BCUT2D eigenvalue weighted by molar-refractivity contribution is -0.136. The topological polar surface area (TPSA) is 90.4 Å². The van der Waals surface area contributed by atoms with Gasteiger partial charge in [-0.1, -0.05) is 0 Å². The van der Waals surface area contributed by atoms with Gasteiger partial charge in [0.1, 0.15) is 0 Å². The third-order valence-electron chi connectivity index (χ3n) is 1.56. The molecule has 0 unspecified atom stereocenters. The van der Waals surface area contributed by atoms with Crippen LogP contribution in [-0.4, -0.2) is 19.6 Å². The largest absolute Gasteiger partial charge is 0.466 e. The van der Waals surface area contributed by atoms with Crippen LogP contribution in [0.4, 0.5) is 0 Å². The Hall–Kier alpha value is -1.65. The van der Waals surface area contributed by atoms with Crippen LogP contribution in [0, 0.1) is 0 Å². The van der Waals surface area contributed by atoms with Gasteiger partial charge in [-0.15, -0.1) is 0 Å². The van der Waals surface area contributed by atoms with E-state index in [1.807, 2.05) is 0 Å². The number of methoxy groups -OCH3 is 1. The summed E-state index contributed by atoms with van der Waals surface area (Å²) in [5.41, 5.74) is 11.7. The van der Waals surface area contributed by atoms with Crippen LogP contribution in [0.1, 0.15) is 0 Å². The molecule has 0 saturated carbocycles. The first-order chi connectivity index (χ1) is 5.65. The van der Waals surface area contributed by atoms with E-state index in [4.69, 9.17) is 11.5 Å². The van der Waals surface area contributed by atoms with Gasteiger partial charge in [0.25, 0.3) is 0 Å². The zero-order chi connectivity index (χ0) is 9.14. The average Bonchev–Trinajstić information content (AvgIpc) is 2.03. The van der Waals surface area contributed by atoms with E-state index in [-0.39, 0.29) is 0 Å². The zero-order valence-electron chi connectivity index (χ0n) is 6.76. The Morgan fingerprint density at radius 1 is 1.67 bits per heavy atom. The molecule has 0 aromatic heterocycles. The lowest BCUT2D eigenvalue weighted by Gasteiger charge is -2.15. The third-order valence-corrected chi connectivity index (χ3v) is 1.56. The molecule has 0 aromatic carbocycles. The van der Waals surface area contributed by atoms with Gasteiger partial charge >= 0.3 is 5.97 Å². The number of esters is 1. The summed E-state index contributed by atoms with van der Waals surface area (Å²) >= 11 is 0. The van der Waals surface area contributed by atoms with Crippen molar-refractivity contribution in [2.24, 2.45) is 11.5 Å². The van der Waals surface area contributed by atoms with Crippen LogP contribution in [0.5, 0.6) is 0 Å². The molecule has 0 aromatic rings. The Kier molecular flexibility index (Phi) is 2.23. The summed E-state index contributed by atoms with van der Waals surface area (Å²) in [4.78, 5) is 11.0. The van der Waals surface area contributed by atoms with Crippen LogP contribution < -0.4 is 16.8 Å². The van der Waals surface area contributed by atoms with Crippen LogP contribution in [0.3, 0.4) is 0 Å². The van der Waals surface area contributed by atoms with Crippen molar-refractivity contribution in [3.63, 3.8) is 0 Å². The van der Waals surface area contributed by atoms with E-state index in [1.54, 1.807) is 0 Å². The van der Waals surface area contributed by atoms with Gasteiger partial charge in [-0.25, -0.2) is 4.79 Å². The summed E-state index contributed by atoms with van der Waals surface area (Å²) in [6.45, 7) is 0.320. The summed E-state index contributed by atoms with van der Waals surface area (Å²) in [5.74, 6) is 0.0314. The number of nitrogens with two attached hydrogens (primary N) is 2. The number of nitrogens with one attached hydrogen (secondary N) is 1. The molecule has 0 spiro atoms. The van der Waals surface area contributed by atoms with Gasteiger partial charge in [-0.05, 0) is 0 Å². The minimum atomic E-state index is -0.427. The minimum Gasteiger partial charge on any atom is -0.466 e. The molecule has 12 heavy (non-hydrogen) atoms. The van der Waals surface area contributed by atoms with Gasteiger partial charge in [0, 0.05) is 11.8 Å². The van der Waals surface area contributed by atoms with Crippen molar-refractivity contribution < 1.29 is 9.53 Å². The average molecular weight is 169 g/mol. The Bertz CT molecular complexity index is 268. The maximum atomic E-state index is 11.0. The Morgan fingerprint density at radius 2 is 2.33 bits per heavy atom. The van der Waals surface area contributed by atoms with Crippen molar-refractivity contribution >= 4 is 5.97 Å². The van der Waals surface area contributed by atoms with Gasteiger partial charge in [0.2, 0.25) is 0 Å². The molecular formula is C7H11N3O2. The Labute approximate surface area is 70.0 Å². The van der Waals surface area contributed by atoms with Crippen molar-refractivity contribution in [3.8, 4) is 0 Å². The van der Waals surface area contributed by atoms with Crippen LogP contribution in [0.2, 0.25) is 0 Å². The maximum Gasteiger partial charge on any atom is 0.337 e. The molecular weight excluding hydrogens is 158 g/mol. The lowest BCUT2D eigenvalue weighted by atomic mass is 10.1. The summed E-state index contributed by atoms with van der Waals surface area (Å²) in [6.07, 6.45) is 1.50. The highest BCUT2D eigenvalue weighted by Gasteiger charge is 2.16. The summed E-state index contributed by atoms with van der Waals surface area (Å²) in [7, 11) is 1.31. The second kappa shape index (κ2) is 3.17. The van der Waals surface area contributed by atoms with Gasteiger partial charge in [0.05, 0.1) is 25.0 Å². The first-order valence-electron chi connectivity index (χ1n) is 3.43. The number of rotatable bonds is 1. The summed E-state index contributed by atoms with van der Waals surface area (Å²) < 4.78 is 4.51. The maximum absolute atomic E-state index is 11.0. The third kappa shape index (κ3) is 1.50. The first kappa shape index (κ1) is 8.45. The molecule has 0 bridgehead atoms. The van der Waals surface area contributed by atoms with E-state index in [0.29, 0.717) is 23.6 Å². The Morgan fingerprint density at radius 3 is 2.83 bits per heavy atom. The quantitative estimate of drug-likeness (QED) is 0.428. The SMILES string of the molecule is COC(=O)C1=C(N)C=C(N)NC1. The summed E-state index contributed by atoms with van der Waals surface area (Å²) in [5, 5.41) is 2.78. The van der Waals surface area contributed by atoms with E-state index in [0.717, 1.165) is 0 Å². The van der Waals surface area contributed by atoms with Crippen molar-refractivity contribution in [3.05, 3.63) is 23.2 Å². The second-order valence-electron chi connectivity index (χ2n) is 2.38. The van der Waals surface area contributed by atoms with Crippen LogP contribution in [-0.2, 0) is 9.53 Å². The molecule has 0 saturated heterocycles. The smallest absolute Gasteiger partial charge is 0.337 e. The Balaban J connectivity index is 2.90. The van der Waals surface area contributed by atoms with E-state index in [1.165, 1.54) is 13.2 Å².